The summed E-state index contributed by atoms with van der Waals surface area (Å²) in [6, 6.07) is 19.4. The summed E-state index contributed by atoms with van der Waals surface area (Å²) in [6.45, 7) is 5.78. The summed E-state index contributed by atoms with van der Waals surface area (Å²) in [6.07, 6.45) is 0. The number of aromatic nitrogens is 3. The number of pyridine rings is 1. The van der Waals surface area contributed by atoms with Crippen molar-refractivity contribution in [1.29, 1.82) is 0 Å². The molecule has 1 amide bonds. The second-order valence-corrected chi connectivity index (χ2v) is 7.11. The van der Waals surface area contributed by atoms with E-state index in [1.165, 1.54) is 0 Å². The minimum atomic E-state index is -0.258. The Balaban J connectivity index is 1.52. The zero-order chi connectivity index (χ0) is 20.4. The van der Waals surface area contributed by atoms with Gasteiger partial charge in [-0.1, -0.05) is 24.3 Å². The number of aryl methyl sites for hydroxylation is 3. The average Bonchev–Trinajstić information content (AvgIpc) is 3.05. The fraction of sp³-hybridized carbons (Fsp3) is 0.174. The summed E-state index contributed by atoms with van der Waals surface area (Å²) in [5, 5.41) is 8.40. The standard InChI is InChI=1S/C23H22N4O2/c1-15-10-16(2)12-19(11-15)29-14-23(28)25-22-13-17(3)26-27(22)21-9-8-18-6-4-5-7-20(18)24-21/h4-13H,14H2,1-3H3,(H,25,28). The van der Waals surface area contributed by atoms with Gasteiger partial charge in [0.15, 0.2) is 12.4 Å². The van der Waals surface area contributed by atoms with Gasteiger partial charge in [-0.15, -0.1) is 0 Å². The van der Waals surface area contributed by atoms with Gasteiger partial charge in [-0.3, -0.25) is 4.79 Å². The quantitative estimate of drug-likeness (QED) is 0.553. The molecule has 4 rings (SSSR count). The highest BCUT2D eigenvalue weighted by atomic mass is 16.5. The number of amides is 1. The van der Waals surface area contributed by atoms with E-state index in [0.29, 0.717) is 17.4 Å². The van der Waals surface area contributed by atoms with E-state index in [2.05, 4.69) is 21.5 Å². The second kappa shape index (κ2) is 7.75. The number of nitrogens with one attached hydrogen (secondary N) is 1. The van der Waals surface area contributed by atoms with Crippen molar-refractivity contribution in [2.45, 2.75) is 20.8 Å². The summed E-state index contributed by atoms with van der Waals surface area (Å²) >= 11 is 0. The van der Waals surface area contributed by atoms with E-state index >= 15 is 0 Å². The van der Waals surface area contributed by atoms with Gasteiger partial charge in [0.05, 0.1) is 11.2 Å². The smallest absolute Gasteiger partial charge is 0.263 e. The molecule has 2 aromatic heterocycles. The van der Waals surface area contributed by atoms with Gasteiger partial charge in [0.2, 0.25) is 0 Å². The molecule has 0 saturated carbocycles. The fourth-order valence-corrected chi connectivity index (χ4v) is 3.28. The molecular weight excluding hydrogens is 364 g/mol. The third-order valence-electron chi connectivity index (χ3n) is 4.46. The molecule has 0 aliphatic heterocycles. The van der Waals surface area contributed by atoms with Crippen molar-refractivity contribution in [2.24, 2.45) is 0 Å². The summed E-state index contributed by atoms with van der Waals surface area (Å²) in [5.74, 6) is 1.62. The van der Waals surface area contributed by atoms with Gasteiger partial charge in [0.1, 0.15) is 11.6 Å². The van der Waals surface area contributed by atoms with Gasteiger partial charge >= 0.3 is 0 Å². The summed E-state index contributed by atoms with van der Waals surface area (Å²) < 4.78 is 7.29. The Morgan fingerprint density at radius 1 is 1.00 bits per heavy atom. The third kappa shape index (κ3) is 4.27. The molecule has 0 aliphatic rings. The molecule has 6 heteroatoms. The van der Waals surface area contributed by atoms with Gasteiger partial charge in [-0.2, -0.15) is 9.78 Å². The van der Waals surface area contributed by atoms with Crippen LogP contribution < -0.4 is 10.1 Å². The van der Waals surface area contributed by atoms with Crippen LogP contribution in [0.4, 0.5) is 5.82 Å². The normalized spacial score (nSPS) is 10.9. The lowest BCUT2D eigenvalue weighted by atomic mass is 10.1. The van der Waals surface area contributed by atoms with Crippen molar-refractivity contribution in [3.05, 3.63) is 77.5 Å². The second-order valence-electron chi connectivity index (χ2n) is 7.11. The maximum Gasteiger partial charge on any atom is 0.263 e. The van der Waals surface area contributed by atoms with Crippen LogP contribution in [0.3, 0.4) is 0 Å². The number of benzene rings is 2. The van der Waals surface area contributed by atoms with Gasteiger partial charge in [0, 0.05) is 11.5 Å². The van der Waals surface area contributed by atoms with E-state index in [-0.39, 0.29) is 12.5 Å². The van der Waals surface area contributed by atoms with Crippen LogP contribution in [0.5, 0.6) is 5.75 Å². The molecule has 0 radical (unpaired) electrons. The van der Waals surface area contributed by atoms with Crippen LogP contribution in [-0.4, -0.2) is 27.3 Å². The lowest BCUT2D eigenvalue weighted by molar-refractivity contribution is -0.118. The molecular formula is C23H22N4O2. The molecule has 0 aliphatic carbocycles. The van der Waals surface area contributed by atoms with E-state index in [0.717, 1.165) is 27.7 Å². The molecule has 4 aromatic rings. The highest BCUT2D eigenvalue weighted by Gasteiger charge is 2.13. The van der Waals surface area contributed by atoms with Crippen molar-refractivity contribution >= 4 is 22.6 Å². The highest BCUT2D eigenvalue weighted by molar-refractivity contribution is 5.91. The molecule has 146 valence electrons. The maximum absolute atomic E-state index is 12.5. The van der Waals surface area contributed by atoms with Crippen molar-refractivity contribution < 1.29 is 9.53 Å². The van der Waals surface area contributed by atoms with E-state index < -0.39 is 0 Å². The Morgan fingerprint density at radius 2 is 1.76 bits per heavy atom. The van der Waals surface area contributed by atoms with Gasteiger partial charge in [-0.05, 0) is 62.2 Å². The van der Waals surface area contributed by atoms with Crippen LogP contribution in [0.25, 0.3) is 16.7 Å². The van der Waals surface area contributed by atoms with Gasteiger partial charge in [0.25, 0.3) is 5.91 Å². The number of hydrogen-bond donors (Lipinski definition) is 1. The van der Waals surface area contributed by atoms with Crippen LogP contribution in [0.15, 0.2) is 60.7 Å². The first-order chi connectivity index (χ1) is 14.0. The number of hydrogen-bond acceptors (Lipinski definition) is 4. The first-order valence-corrected chi connectivity index (χ1v) is 9.42. The molecule has 0 spiro atoms. The number of carbonyl (C=O) groups excluding carboxylic acids is 1. The minimum absolute atomic E-state index is 0.0850. The van der Waals surface area contributed by atoms with Crippen molar-refractivity contribution in [3.8, 4) is 11.6 Å². The van der Waals surface area contributed by atoms with Crippen molar-refractivity contribution in [1.82, 2.24) is 14.8 Å². The number of ether oxygens (including phenoxy) is 1. The Morgan fingerprint density at radius 3 is 2.55 bits per heavy atom. The number of para-hydroxylation sites is 1. The Hall–Kier alpha value is -3.67. The molecule has 6 nitrogen and oxygen atoms in total. The molecule has 0 atom stereocenters. The summed E-state index contributed by atoms with van der Waals surface area (Å²) in [7, 11) is 0. The number of rotatable bonds is 5. The minimum Gasteiger partial charge on any atom is -0.484 e. The Kier molecular flexibility index (Phi) is 4.99. The fourth-order valence-electron chi connectivity index (χ4n) is 3.28. The van der Waals surface area contributed by atoms with Crippen LogP contribution in [0.2, 0.25) is 0 Å². The Labute approximate surface area is 169 Å². The lowest BCUT2D eigenvalue weighted by Crippen LogP contribution is -2.22. The van der Waals surface area contributed by atoms with E-state index in [4.69, 9.17) is 4.74 Å². The predicted octanol–water partition coefficient (Wildman–Crippen LogP) is 4.36. The van der Waals surface area contributed by atoms with Crippen molar-refractivity contribution in [3.63, 3.8) is 0 Å². The van der Waals surface area contributed by atoms with Crippen LogP contribution >= 0.6 is 0 Å². The highest BCUT2D eigenvalue weighted by Crippen LogP contribution is 2.20. The van der Waals surface area contributed by atoms with Crippen LogP contribution in [0, 0.1) is 20.8 Å². The molecule has 2 aromatic carbocycles. The molecule has 1 N–H and O–H groups in total. The summed E-state index contributed by atoms with van der Waals surface area (Å²) in [5.41, 5.74) is 3.84. The molecule has 29 heavy (non-hydrogen) atoms. The number of carbonyl (C=O) groups is 1. The Bertz CT molecular complexity index is 1180. The molecule has 2 heterocycles. The lowest BCUT2D eigenvalue weighted by Gasteiger charge is -2.11. The van der Waals surface area contributed by atoms with Crippen LogP contribution in [0.1, 0.15) is 16.8 Å². The first kappa shape index (κ1) is 18.7. The number of fused-ring (bicyclic) bond motifs is 1. The number of nitrogens with zero attached hydrogens (tertiary/aromatic N) is 3. The van der Waals surface area contributed by atoms with E-state index in [1.54, 1.807) is 4.68 Å². The molecule has 0 unspecified atom stereocenters. The predicted molar refractivity (Wildman–Crippen MR) is 114 cm³/mol. The largest absolute Gasteiger partial charge is 0.484 e. The first-order valence-electron chi connectivity index (χ1n) is 9.42. The molecule has 0 bridgehead atoms. The number of anilines is 1. The summed E-state index contributed by atoms with van der Waals surface area (Å²) in [4.78, 5) is 17.1. The molecule has 0 fully saturated rings. The average molecular weight is 386 g/mol. The van der Waals surface area contributed by atoms with Crippen LogP contribution in [-0.2, 0) is 4.79 Å². The van der Waals surface area contributed by atoms with Crippen molar-refractivity contribution in [2.75, 3.05) is 11.9 Å². The SMILES string of the molecule is Cc1cc(C)cc(OCC(=O)Nc2cc(C)nn2-c2ccc3ccccc3n2)c1. The maximum atomic E-state index is 12.5. The monoisotopic (exact) mass is 386 g/mol. The topological polar surface area (TPSA) is 69.0 Å². The van der Waals surface area contributed by atoms with E-state index in [1.807, 2.05) is 75.4 Å². The zero-order valence-corrected chi connectivity index (χ0v) is 16.6. The van der Waals surface area contributed by atoms with Gasteiger partial charge < -0.3 is 10.1 Å². The zero-order valence-electron chi connectivity index (χ0n) is 16.6. The van der Waals surface area contributed by atoms with Gasteiger partial charge in [-0.25, -0.2) is 4.98 Å². The third-order valence-corrected chi connectivity index (χ3v) is 4.46. The molecule has 0 saturated heterocycles. The van der Waals surface area contributed by atoms with E-state index in [9.17, 15) is 4.79 Å².